The molecule has 0 radical (unpaired) electrons. The van der Waals surface area contributed by atoms with E-state index in [1.54, 1.807) is 16.8 Å². The van der Waals surface area contributed by atoms with E-state index in [0.29, 0.717) is 5.56 Å². The number of para-hydroxylation sites is 1. The van der Waals surface area contributed by atoms with Crippen molar-refractivity contribution in [2.75, 3.05) is 0 Å². The van der Waals surface area contributed by atoms with Gasteiger partial charge >= 0.3 is 0 Å². The number of nitro benzene ring substituents is 1. The highest BCUT2D eigenvalue weighted by Gasteiger charge is 2.17. The van der Waals surface area contributed by atoms with Crippen molar-refractivity contribution in [1.82, 2.24) is 15.4 Å². The molecule has 26 heavy (non-hydrogen) atoms. The van der Waals surface area contributed by atoms with Gasteiger partial charge in [-0.05, 0) is 12.1 Å². The number of carbonyl (C=O) groups excluding carboxylic acids is 2. The van der Waals surface area contributed by atoms with Crippen molar-refractivity contribution in [2.45, 2.75) is 0 Å². The van der Waals surface area contributed by atoms with Gasteiger partial charge in [0.25, 0.3) is 17.5 Å². The maximum Gasteiger partial charge on any atom is 0.271 e. The van der Waals surface area contributed by atoms with Crippen molar-refractivity contribution in [1.29, 1.82) is 0 Å². The second-order valence-corrected chi connectivity index (χ2v) is 5.91. The van der Waals surface area contributed by atoms with E-state index in [1.807, 2.05) is 25.2 Å². The second kappa shape index (κ2) is 6.85. The minimum absolute atomic E-state index is 0.00971. The Morgan fingerprint density at radius 1 is 1.08 bits per heavy atom. The zero-order chi connectivity index (χ0) is 18.8. The fourth-order valence-corrected chi connectivity index (χ4v) is 2.83. The minimum atomic E-state index is -0.682. The number of benzene rings is 2. The Morgan fingerprint density at radius 2 is 1.73 bits per heavy atom. The molecule has 0 aliphatic heterocycles. The summed E-state index contributed by atoms with van der Waals surface area (Å²) in [6.07, 6.45) is 1.66. The highest BCUT2D eigenvalue weighted by molar-refractivity contribution is 6.34. The number of hydrogen-bond donors (Lipinski definition) is 2. The molecule has 0 spiro atoms. The molecule has 2 aromatic carbocycles. The Balaban J connectivity index is 1.75. The summed E-state index contributed by atoms with van der Waals surface area (Å²) in [6, 6.07) is 10.8. The van der Waals surface area contributed by atoms with E-state index in [2.05, 4.69) is 10.9 Å². The number of non-ortho nitro benzene ring substituents is 1. The van der Waals surface area contributed by atoms with Gasteiger partial charge in [0.2, 0.25) is 0 Å². The fourth-order valence-electron chi connectivity index (χ4n) is 2.57. The van der Waals surface area contributed by atoms with Crippen LogP contribution in [0.4, 0.5) is 5.69 Å². The van der Waals surface area contributed by atoms with Gasteiger partial charge in [0.05, 0.1) is 21.1 Å². The quantitative estimate of drug-likeness (QED) is 0.544. The maximum absolute atomic E-state index is 12.4. The topological polar surface area (TPSA) is 106 Å². The van der Waals surface area contributed by atoms with E-state index in [-0.39, 0.29) is 16.3 Å². The summed E-state index contributed by atoms with van der Waals surface area (Å²) in [5.74, 6) is -1.17. The van der Waals surface area contributed by atoms with Gasteiger partial charge in [-0.3, -0.25) is 30.6 Å². The lowest BCUT2D eigenvalue weighted by Gasteiger charge is -2.08. The number of carbonyl (C=O) groups is 2. The molecule has 0 atom stereocenters. The number of halogens is 1. The molecule has 1 aromatic heterocycles. The molecular weight excluding hydrogens is 360 g/mol. The van der Waals surface area contributed by atoms with Crippen LogP contribution in [-0.4, -0.2) is 21.3 Å². The first kappa shape index (κ1) is 17.4. The van der Waals surface area contributed by atoms with Gasteiger partial charge in [0.15, 0.2) is 0 Å². The maximum atomic E-state index is 12.4. The third kappa shape index (κ3) is 3.22. The van der Waals surface area contributed by atoms with E-state index in [9.17, 15) is 19.7 Å². The van der Waals surface area contributed by atoms with Crippen molar-refractivity contribution >= 4 is 40.0 Å². The number of hydrazine groups is 1. The Morgan fingerprint density at radius 3 is 2.38 bits per heavy atom. The molecule has 0 saturated carbocycles. The van der Waals surface area contributed by atoms with Crippen molar-refractivity contribution in [3.63, 3.8) is 0 Å². The normalized spacial score (nSPS) is 10.5. The van der Waals surface area contributed by atoms with Gasteiger partial charge < -0.3 is 4.57 Å². The fraction of sp³-hybridized carbons (Fsp3) is 0.0588. The van der Waals surface area contributed by atoms with Crippen molar-refractivity contribution in [3.8, 4) is 0 Å². The Kier molecular flexibility index (Phi) is 4.59. The molecule has 3 aromatic rings. The number of amides is 2. The summed E-state index contributed by atoms with van der Waals surface area (Å²) in [4.78, 5) is 34.6. The molecule has 0 fully saturated rings. The zero-order valence-corrected chi connectivity index (χ0v) is 14.3. The number of rotatable bonds is 3. The SMILES string of the molecule is Cn1cc(C(=O)NNC(=O)c2ccc([N+](=O)[O-])cc2Cl)c2ccccc21. The number of aryl methyl sites for hydroxylation is 1. The van der Waals surface area contributed by atoms with E-state index in [0.717, 1.165) is 23.0 Å². The average Bonchev–Trinajstić information content (AvgIpc) is 2.96. The van der Waals surface area contributed by atoms with Crippen molar-refractivity contribution in [2.24, 2.45) is 7.05 Å². The summed E-state index contributed by atoms with van der Waals surface area (Å²) in [6.45, 7) is 0. The van der Waals surface area contributed by atoms with Crippen molar-refractivity contribution < 1.29 is 14.5 Å². The van der Waals surface area contributed by atoms with E-state index in [4.69, 9.17) is 11.6 Å². The lowest BCUT2D eigenvalue weighted by molar-refractivity contribution is -0.384. The van der Waals surface area contributed by atoms with Crippen LogP contribution in [0.15, 0.2) is 48.7 Å². The van der Waals surface area contributed by atoms with E-state index >= 15 is 0 Å². The van der Waals surface area contributed by atoms with Crippen LogP contribution in [0.2, 0.25) is 5.02 Å². The lowest BCUT2D eigenvalue weighted by Crippen LogP contribution is -2.41. The van der Waals surface area contributed by atoms with Gasteiger partial charge in [-0.1, -0.05) is 29.8 Å². The second-order valence-electron chi connectivity index (χ2n) is 5.50. The number of nitrogens with one attached hydrogen (secondary N) is 2. The van der Waals surface area contributed by atoms with Crippen LogP contribution in [0.25, 0.3) is 10.9 Å². The summed E-state index contributed by atoms with van der Waals surface area (Å²) in [5.41, 5.74) is 5.64. The number of nitrogens with zero attached hydrogens (tertiary/aromatic N) is 2. The van der Waals surface area contributed by atoms with Crippen LogP contribution in [0.5, 0.6) is 0 Å². The smallest absolute Gasteiger partial charge is 0.271 e. The van der Waals surface area contributed by atoms with Gasteiger partial charge in [-0.25, -0.2) is 0 Å². The average molecular weight is 373 g/mol. The zero-order valence-electron chi connectivity index (χ0n) is 13.5. The van der Waals surface area contributed by atoms with Crippen LogP contribution >= 0.6 is 11.6 Å². The largest absolute Gasteiger partial charge is 0.350 e. The highest BCUT2D eigenvalue weighted by atomic mass is 35.5. The Labute approximate surface area is 152 Å². The molecule has 132 valence electrons. The predicted octanol–water partition coefficient (Wildman–Crippen LogP) is 2.81. The molecule has 0 bridgehead atoms. The first-order valence-corrected chi connectivity index (χ1v) is 7.85. The first-order valence-electron chi connectivity index (χ1n) is 7.47. The third-order valence-electron chi connectivity index (χ3n) is 3.84. The van der Waals surface area contributed by atoms with Crippen LogP contribution in [-0.2, 0) is 7.05 Å². The van der Waals surface area contributed by atoms with Crippen molar-refractivity contribution in [3.05, 3.63) is 74.9 Å². The number of fused-ring (bicyclic) bond motifs is 1. The van der Waals surface area contributed by atoms with Crippen LogP contribution in [0.3, 0.4) is 0 Å². The van der Waals surface area contributed by atoms with Gasteiger partial charge in [0, 0.05) is 36.3 Å². The number of hydrogen-bond acceptors (Lipinski definition) is 4. The van der Waals surface area contributed by atoms with Gasteiger partial charge in [-0.2, -0.15) is 0 Å². The third-order valence-corrected chi connectivity index (χ3v) is 4.15. The molecule has 0 unspecified atom stereocenters. The van der Waals surface area contributed by atoms with Crippen LogP contribution < -0.4 is 10.9 Å². The molecule has 3 rings (SSSR count). The summed E-state index contributed by atoms with van der Waals surface area (Å²) >= 11 is 5.90. The van der Waals surface area contributed by atoms with E-state index < -0.39 is 16.7 Å². The lowest BCUT2D eigenvalue weighted by atomic mass is 10.1. The predicted molar refractivity (Wildman–Crippen MR) is 96.0 cm³/mol. The molecule has 2 N–H and O–H groups in total. The molecule has 9 heteroatoms. The minimum Gasteiger partial charge on any atom is -0.350 e. The number of aromatic nitrogens is 1. The van der Waals surface area contributed by atoms with Gasteiger partial charge in [-0.15, -0.1) is 0 Å². The Hall–Kier alpha value is -3.39. The van der Waals surface area contributed by atoms with E-state index in [1.165, 1.54) is 6.07 Å². The molecular formula is C17H13ClN4O4. The van der Waals surface area contributed by atoms with Gasteiger partial charge in [0.1, 0.15) is 0 Å². The summed E-state index contributed by atoms with van der Waals surface area (Å²) < 4.78 is 1.80. The summed E-state index contributed by atoms with van der Waals surface area (Å²) in [5, 5.41) is 11.4. The monoisotopic (exact) mass is 372 g/mol. The Bertz CT molecular complexity index is 1040. The standard InChI is InChI=1S/C17H13ClN4O4/c1-21-9-13(11-4-2-3-5-15(11)21)17(24)20-19-16(23)12-7-6-10(22(25)26)8-14(12)18/h2-9H,1H3,(H,19,23)(H,20,24). The molecule has 0 aliphatic carbocycles. The number of nitro groups is 1. The van der Waals surface area contributed by atoms with Crippen LogP contribution in [0.1, 0.15) is 20.7 Å². The molecule has 0 saturated heterocycles. The first-order chi connectivity index (χ1) is 12.4. The molecule has 0 aliphatic rings. The molecule has 1 heterocycles. The molecule has 2 amide bonds. The summed E-state index contributed by atoms with van der Waals surface area (Å²) in [7, 11) is 1.81. The molecule has 8 nitrogen and oxygen atoms in total. The van der Waals surface area contributed by atoms with Crippen LogP contribution in [0, 0.1) is 10.1 Å². The highest BCUT2D eigenvalue weighted by Crippen LogP contribution is 2.22.